The second-order valence-corrected chi connectivity index (χ2v) is 12.7. The average molecular weight is 592 g/mol. The molecule has 1 spiro atoms. The second kappa shape index (κ2) is 10.4. The number of aromatic nitrogens is 5. The number of H-pyrrole nitrogens is 1. The Labute approximate surface area is 249 Å². The van der Waals surface area contributed by atoms with E-state index in [0.29, 0.717) is 46.0 Å². The summed E-state index contributed by atoms with van der Waals surface area (Å²) in [5, 5.41) is 8.89. The van der Waals surface area contributed by atoms with Crippen molar-refractivity contribution in [1.82, 2.24) is 30.0 Å². The summed E-state index contributed by atoms with van der Waals surface area (Å²) in [7, 11) is 4.14. The third-order valence-corrected chi connectivity index (χ3v) is 9.18. The zero-order valence-electron chi connectivity index (χ0n) is 24.2. The number of hydrogen-bond acceptors (Lipinski definition) is 8. The van der Waals surface area contributed by atoms with Crippen LogP contribution in [0, 0.1) is 11.2 Å². The van der Waals surface area contributed by atoms with Crippen LogP contribution >= 0.6 is 11.6 Å². The monoisotopic (exact) mass is 591 g/mol. The number of aromatic amines is 1. The summed E-state index contributed by atoms with van der Waals surface area (Å²) in [6.07, 6.45) is 12.3. The lowest BCUT2D eigenvalue weighted by molar-refractivity contribution is -0.151. The van der Waals surface area contributed by atoms with Crippen molar-refractivity contribution in [3.8, 4) is 17.3 Å². The molecule has 7 rings (SSSR count). The first-order valence-corrected chi connectivity index (χ1v) is 15.0. The molecule has 11 heteroatoms. The van der Waals surface area contributed by atoms with Crippen molar-refractivity contribution >= 4 is 45.3 Å². The fraction of sp³-hybridized carbons (Fsp3) is 0.484. The first-order valence-electron chi connectivity index (χ1n) is 14.6. The molecule has 1 N–H and O–H groups in total. The minimum absolute atomic E-state index is 0.0773. The lowest BCUT2D eigenvalue weighted by Crippen LogP contribution is -2.56. The van der Waals surface area contributed by atoms with Gasteiger partial charge >= 0.3 is 6.01 Å². The number of ether oxygens (including phenoxy) is 2. The Morgan fingerprint density at radius 2 is 2.02 bits per heavy atom. The van der Waals surface area contributed by atoms with Gasteiger partial charge in [-0.05, 0) is 52.8 Å². The number of piperidine rings is 1. The predicted molar refractivity (Wildman–Crippen MR) is 163 cm³/mol. The highest BCUT2D eigenvalue weighted by Crippen LogP contribution is 2.47. The van der Waals surface area contributed by atoms with Gasteiger partial charge in [0, 0.05) is 54.2 Å². The van der Waals surface area contributed by atoms with Gasteiger partial charge in [0.15, 0.2) is 5.82 Å². The molecule has 0 amide bonds. The van der Waals surface area contributed by atoms with Crippen LogP contribution in [0.15, 0.2) is 24.5 Å². The van der Waals surface area contributed by atoms with Crippen molar-refractivity contribution in [2.24, 2.45) is 5.41 Å². The van der Waals surface area contributed by atoms with Gasteiger partial charge in [0.1, 0.15) is 17.0 Å². The number of nitrogens with zero attached hydrogens (tertiary/aromatic N) is 6. The molecular formula is C31H35ClFN7O2. The maximum absolute atomic E-state index is 16.8. The summed E-state index contributed by atoms with van der Waals surface area (Å²) in [5.74, 6) is 0.0887. The van der Waals surface area contributed by atoms with Gasteiger partial charge in [-0.25, -0.2) is 4.39 Å². The molecule has 4 aromatic rings. The number of fused-ring (bicyclic) bond motifs is 2. The van der Waals surface area contributed by atoms with Crippen molar-refractivity contribution < 1.29 is 13.9 Å². The zero-order valence-corrected chi connectivity index (χ0v) is 25.0. The highest BCUT2D eigenvalue weighted by molar-refractivity contribution is 6.33. The van der Waals surface area contributed by atoms with E-state index in [-0.39, 0.29) is 28.2 Å². The maximum atomic E-state index is 16.8. The number of allylic oxidation sites excluding steroid dienone is 1. The van der Waals surface area contributed by atoms with Crippen molar-refractivity contribution in [2.75, 3.05) is 51.8 Å². The lowest BCUT2D eigenvalue weighted by Gasteiger charge is -2.48. The molecule has 3 aromatic heterocycles. The largest absolute Gasteiger partial charge is 0.463 e. The van der Waals surface area contributed by atoms with Crippen LogP contribution in [0.5, 0.6) is 6.01 Å². The standard InChI is InChI=1S/C31H35ClFN7O2/c1-4-6-19-22(32)13-23-20(15-35-38-23)24(19)27-25(33)26-21(14-34-27)28(40-11-5-7-31(17-40)10-12-42-31)37-29(36-26)41-18-30(8-9-30)16-39(2)3/h4,6,13-15H,5,7-12,16-18H2,1-3H3,(H,35,38)/b6-4-/t31-/m0/s1. The van der Waals surface area contributed by atoms with Gasteiger partial charge in [-0.2, -0.15) is 15.1 Å². The van der Waals surface area contributed by atoms with Crippen LogP contribution in [0.2, 0.25) is 5.02 Å². The molecule has 42 heavy (non-hydrogen) atoms. The summed E-state index contributed by atoms with van der Waals surface area (Å²) in [5.41, 5.74) is 2.18. The number of rotatable bonds is 8. The van der Waals surface area contributed by atoms with Gasteiger partial charge in [0.05, 0.1) is 40.9 Å². The van der Waals surface area contributed by atoms with E-state index in [1.54, 1.807) is 18.5 Å². The second-order valence-electron chi connectivity index (χ2n) is 12.3. The Balaban J connectivity index is 1.37. The van der Waals surface area contributed by atoms with E-state index >= 15 is 4.39 Å². The van der Waals surface area contributed by atoms with Gasteiger partial charge < -0.3 is 19.3 Å². The van der Waals surface area contributed by atoms with Crippen molar-refractivity contribution in [2.45, 2.75) is 44.6 Å². The molecule has 220 valence electrons. The van der Waals surface area contributed by atoms with Crippen LogP contribution in [-0.4, -0.2) is 82.6 Å². The number of halogens is 2. The van der Waals surface area contributed by atoms with Gasteiger partial charge in [0.2, 0.25) is 0 Å². The summed E-state index contributed by atoms with van der Waals surface area (Å²) in [6.45, 7) is 5.56. The van der Waals surface area contributed by atoms with Crippen LogP contribution < -0.4 is 9.64 Å². The van der Waals surface area contributed by atoms with E-state index < -0.39 is 5.82 Å². The predicted octanol–water partition coefficient (Wildman–Crippen LogP) is 5.87. The quantitative estimate of drug-likeness (QED) is 0.272. The third-order valence-electron chi connectivity index (χ3n) is 8.87. The first-order chi connectivity index (χ1) is 20.3. The number of nitrogens with one attached hydrogen (secondary N) is 1. The highest BCUT2D eigenvalue weighted by atomic mass is 35.5. The molecule has 9 nitrogen and oxygen atoms in total. The van der Waals surface area contributed by atoms with Gasteiger partial charge in [-0.1, -0.05) is 23.8 Å². The normalized spacial score (nSPS) is 21.6. The number of hydrogen-bond donors (Lipinski definition) is 1. The molecule has 1 aliphatic carbocycles. The van der Waals surface area contributed by atoms with Crippen molar-refractivity contribution in [1.29, 1.82) is 0 Å². The van der Waals surface area contributed by atoms with Crippen LogP contribution in [0.1, 0.15) is 44.6 Å². The maximum Gasteiger partial charge on any atom is 0.319 e. The van der Waals surface area contributed by atoms with Crippen molar-refractivity contribution in [3.63, 3.8) is 0 Å². The van der Waals surface area contributed by atoms with Crippen LogP contribution in [0.3, 0.4) is 0 Å². The Hall–Kier alpha value is -3.34. The molecule has 3 aliphatic rings. The minimum atomic E-state index is -0.544. The lowest BCUT2D eigenvalue weighted by atomic mass is 9.86. The molecule has 1 atom stereocenters. The summed E-state index contributed by atoms with van der Waals surface area (Å²) >= 11 is 6.67. The van der Waals surface area contributed by atoms with E-state index in [0.717, 1.165) is 57.2 Å². The Morgan fingerprint density at radius 1 is 1.19 bits per heavy atom. The van der Waals surface area contributed by atoms with E-state index in [1.165, 1.54) is 0 Å². The molecule has 2 aliphatic heterocycles. The minimum Gasteiger partial charge on any atom is -0.463 e. The summed E-state index contributed by atoms with van der Waals surface area (Å²) < 4.78 is 29.1. The van der Waals surface area contributed by atoms with E-state index in [4.69, 9.17) is 26.1 Å². The third kappa shape index (κ3) is 4.79. The van der Waals surface area contributed by atoms with Crippen LogP contribution in [-0.2, 0) is 4.74 Å². The number of anilines is 1. The Kier molecular flexibility index (Phi) is 6.83. The average Bonchev–Trinajstić information content (AvgIpc) is 3.56. The first kappa shape index (κ1) is 27.5. The fourth-order valence-corrected chi connectivity index (χ4v) is 6.83. The molecule has 1 saturated carbocycles. The Bertz CT molecular complexity index is 1700. The number of benzene rings is 1. The van der Waals surface area contributed by atoms with Crippen LogP contribution in [0.4, 0.5) is 10.2 Å². The van der Waals surface area contributed by atoms with Crippen LogP contribution in [0.25, 0.3) is 39.1 Å². The molecule has 5 heterocycles. The molecule has 0 bridgehead atoms. The fourth-order valence-electron chi connectivity index (χ4n) is 6.57. The van der Waals surface area contributed by atoms with Gasteiger partial charge in [0.25, 0.3) is 0 Å². The summed E-state index contributed by atoms with van der Waals surface area (Å²) in [4.78, 5) is 18.6. The molecule has 2 saturated heterocycles. The smallest absolute Gasteiger partial charge is 0.319 e. The van der Waals surface area contributed by atoms with E-state index in [1.807, 2.05) is 19.1 Å². The number of pyridine rings is 1. The van der Waals surface area contributed by atoms with Crippen molar-refractivity contribution in [3.05, 3.63) is 40.9 Å². The highest BCUT2D eigenvalue weighted by Gasteiger charge is 2.45. The zero-order chi connectivity index (χ0) is 29.1. The Morgan fingerprint density at radius 3 is 2.74 bits per heavy atom. The summed E-state index contributed by atoms with van der Waals surface area (Å²) in [6, 6.07) is 1.98. The topological polar surface area (TPSA) is 92.3 Å². The molecular weight excluding hydrogens is 557 g/mol. The SMILES string of the molecule is C/C=C\c1c(Cl)cc2[nH]ncc2c1-c1ncc2c(N3CCC[C@]4(CCO4)C3)nc(OCC3(CN(C)C)CC3)nc2c1F. The van der Waals surface area contributed by atoms with E-state index in [9.17, 15) is 0 Å². The van der Waals surface area contributed by atoms with E-state index in [2.05, 4.69) is 44.1 Å². The molecule has 3 fully saturated rings. The molecule has 0 radical (unpaired) electrons. The van der Waals surface area contributed by atoms with Gasteiger partial charge in [-0.15, -0.1) is 0 Å². The molecule has 1 aromatic carbocycles. The molecule has 0 unspecified atom stereocenters. The van der Waals surface area contributed by atoms with Gasteiger partial charge in [-0.3, -0.25) is 10.1 Å².